The lowest BCUT2D eigenvalue weighted by Crippen LogP contribution is -2.52. The molecule has 4 rings (SSSR count). The van der Waals surface area contributed by atoms with Gasteiger partial charge < -0.3 is 14.4 Å². The highest BCUT2D eigenvalue weighted by atomic mass is 32.2. The Hall–Kier alpha value is -2.54. The number of ether oxygens (including phenoxy) is 2. The molecule has 0 radical (unpaired) electrons. The Bertz CT molecular complexity index is 1100. The molecule has 1 fully saturated rings. The van der Waals surface area contributed by atoms with E-state index in [1.54, 1.807) is 17.9 Å². The van der Waals surface area contributed by atoms with Gasteiger partial charge in [0.25, 0.3) is 0 Å². The van der Waals surface area contributed by atoms with E-state index in [1.807, 2.05) is 44.2 Å². The van der Waals surface area contributed by atoms with Crippen molar-refractivity contribution in [2.45, 2.75) is 62.6 Å². The van der Waals surface area contributed by atoms with Crippen molar-refractivity contribution in [1.29, 1.82) is 0 Å². The predicted octanol–water partition coefficient (Wildman–Crippen LogP) is 4.17. The largest absolute Gasteiger partial charge is 0.454 e. The van der Waals surface area contributed by atoms with Crippen LogP contribution in [0.1, 0.15) is 49.3 Å². The molecular weight excluding hydrogens is 414 g/mol. The number of benzene rings is 2. The van der Waals surface area contributed by atoms with Crippen molar-refractivity contribution in [2.75, 3.05) is 13.3 Å². The van der Waals surface area contributed by atoms with Gasteiger partial charge in [0.2, 0.25) is 12.7 Å². The molecule has 6 nitrogen and oxygen atoms in total. The van der Waals surface area contributed by atoms with Crippen molar-refractivity contribution in [3.8, 4) is 11.5 Å². The van der Waals surface area contributed by atoms with Crippen LogP contribution < -0.4 is 9.47 Å². The molecule has 0 aromatic heterocycles. The quantitative estimate of drug-likeness (QED) is 0.670. The standard InChI is InChI=1S/C24H29NO5S/c1-4-25(15-19-9-10-20-21(14-19)30-16-29-20)23(26)24(11-5-6-12-24)31(27,28)22-13-17(2)7-8-18(22)3/h7-10,13-14H,4-6,11-12,15-16H2,1-3H3. The SMILES string of the molecule is CCN(Cc1ccc2c(c1)OCO2)C(=O)C1(S(=O)(=O)c2cc(C)ccc2C)CCCC1. The van der Waals surface area contributed by atoms with Crippen LogP contribution in [0.2, 0.25) is 0 Å². The summed E-state index contributed by atoms with van der Waals surface area (Å²) in [6.45, 7) is 6.50. The lowest BCUT2D eigenvalue weighted by atomic mass is 10.0. The lowest BCUT2D eigenvalue weighted by Gasteiger charge is -2.34. The molecule has 0 N–H and O–H groups in total. The molecule has 1 heterocycles. The van der Waals surface area contributed by atoms with Crippen LogP contribution in [0.15, 0.2) is 41.3 Å². The van der Waals surface area contributed by atoms with E-state index in [1.165, 1.54) is 0 Å². The van der Waals surface area contributed by atoms with Gasteiger partial charge in [-0.05, 0) is 68.5 Å². The number of rotatable bonds is 6. The number of carbonyl (C=O) groups is 1. The highest BCUT2D eigenvalue weighted by Crippen LogP contribution is 2.43. The van der Waals surface area contributed by atoms with E-state index in [-0.39, 0.29) is 17.6 Å². The topological polar surface area (TPSA) is 72.9 Å². The number of aryl methyl sites for hydroxylation is 2. The summed E-state index contributed by atoms with van der Waals surface area (Å²) in [6.07, 6.45) is 2.19. The summed E-state index contributed by atoms with van der Waals surface area (Å²) in [5.74, 6) is 1.04. The van der Waals surface area contributed by atoms with E-state index in [4.69, 9.17) is 9.47 Å². The zero-order valence-corrected chi connectivity index (χ0v) is 19.1. The van der Waals surface area contributed by atoms with Crippen LogP contribution in [0.25, 0.3) is 0 Å². The summed E-state index contributed by atoms with van der Waals surface area (Å²) in [6, 6.07) is 11.0. The van der Waals surface area contributed by atoms with Crippen molar-refractivity contribution in [2.24, 2.45) is 0 Å². The van der Waals surface area contributed by atoms with Crippen LogP contribution in [-0.4, -0.2) is 37.3 Å². The average molecular weight is 444 g/mol. The van der Waals surface area contributed by atoms with Crippen molar-refractivity contribution >= 4 is 15.7 Å². The van der Waals surface area contributed by atoms with Gasteiger partial charge in [0, 0.05) is 13.1 Å². The number of fused-ring (bicyclic) bond motifs is 1. The van der Waals surface area contributed by atoms with Crippen molar-refractivity contribution in [3.05, 3.63) is 53.1 Å². The van der Waals surface area contributed by atoms with Gasteiger partial charge in [-0.1, -0.05) is 31.0 Å². The Labute approximate surface area is 184 Å². The normalized spacial score (nSPS) is 17.0. The van der Waals surface area contributed by atoms with Gasteiger partial charge in [0.15, 0.2) is 26.1 Å². The first-order valence-corrected chi connectivity index (χ1v) is 12.3. The first-order chi connectivity index (χ1) is 14.8. The molecule has 0 bridgehead atoms. The number of hydrogen-bond donors (Lipinski definition) is 0. The minimum absolute atomic E-state index is 0.187. The summed E-state index contributed by atoms with van der Waals surface area (Å²) < 4.78 is 37.2. The predicted molar refractivity (Wildman–Crippen MR) is 118 cm³/mol. The first-order valence-electron chi connectivity index (χ1n) is 10.8. The Morgan fingerprint density at radius 3 is 2.45 bits per heavy atom. The molecule has 7 heteroatoms. The van der Waals surface area contributed by atoms with Gasteiger partial charge >= 0.3 is 0 Å². The second kappa shape index (κ2) is 8.19. The van der Waals surface area contributed by atoms with E-state index >= 15 is 0 Å². The maximum Gasteiger partial charge on any atom is 0.244 e. The lowest BCUT2D eigenvalue weighted by molar-refractivity contribution is -0.134. The number of carbonyl (C=O) groups excluding carboxylic acids is 1. The van der Waals surface area contributed by atoms with Gasteiger partial charge in [-0.3, -0.25) is 4.79 Å². The van der Waals surface area contributed by atoms with Crippen LogP contribution in [0.5, 0.6) is 11.5 Å². The number of hydrogen-bond acceptors (Lipinski definition) is 5. The van der Waals surface area contributed by atoms with Gasteiger partial charge in [0.1, 0.15) is 0 Å². The molecule has 1 amide bonds. The summed E-state index contributed by atoms with van der Waals surface area (Å²) in [4.78, 5) is 15.8. The second-order valence-electron chi connectivity index (χ2n) is 8.48. The highest BCUT2D eigenvalue weighted by Gasteiger charge is 2.54. The van der Waals surface area contributed by atoms with E-state index in [0.29, 0.717) is 43.0 Å². The Kier molecular flexibility index (Phi) is 5.73. The molecular formula is C24H29NO5S. The van der Waals surface area contributed by atoms with Crippen molar-refractivity contribution < 1.29 is 22.7 Å². The summed E-state index contributed by atoms with van der Waals surface area (Å²) >= 11 is 0. The molecule has 2 aromatic rings. The van der Waals surface area contributed by atoms with Crippen LogP contribution in [0, 0.1) is 13.8 Å². The number of amides is 1. The fourth-order valence-corrected chi connectivity index (χ4v) is 7.07. The molecule has 0 spiro atoms. The zero-order valence-electron chi connectivity index (χ0n) is 18.3. The molecule has 0 unspecified atom stereocenters. The third kappa shape index (κ3) is 3.69. The Morgan fingerprint density at radius 1 is 1.03 bits per heavy atom. The van der Waals surface area contributed by atoms with Crippen LogP contribution >= 0.6 is 0 Å². The van der Waals surface area contributed by atoms with Crippen LogP contribution in [-0.2, 0) is 21.2 Å². The molecule has 166 valence electrons. The van der Waals surface area contributed by atoms with Crippen molar-refractivity contribution in [1.82, 2.24) is 4.90 Å². The molecule has 2 aliphatic rings. The molecule has 31 heavy (non-hydrogen) atoms. The third-order valence-electron chi connectivity index (χ3n) is 6.43. The smallest absolute Gasteiger partial charge is 0.244 e. The zero-order chi connectivity index (χ0) is 22.2. The highest BCUT2D eigenvalue weighted by molar-refractivity contribution is 7.93. The molecule has 1 saturated carbocycles. The maximum atomic E-state index is 13.9. The third-order valence-corrected chi connectivity index (χ3v) is 9.06. The van der Waals surface area contributed by atoms with Gasteiger partial charge in [-0.25, -0.2) is 8.42 Å². The monoisotopic (exact) mass is 443 g/mol. The second-order valence-corrected chi connectivity index (χ2v) is 10.7. The van der Waals surface area contributed by atoms with Crippen molar-refractivity contribution in [3.63, 3.8) is 0 Å². The molecule has 0 saturated heterocycles. The van der Waals surface area contributed by atoms with Crippen LogP contribution in [0.3, 0.4) is 0 Å². The van der Waals surface area contributed by atoms with Gasteiger partial charge in [0.05, 0.1) is 4.90 Å². The Morgan fingerprint density at radius 2 is 1.74 bits per heavy atom. The maximum absolute atomic E-state index is 13.9. The minimum atomic E-state index is -3.85. The number of sulfone groups is 1. The van der Waals surface area contributed by atoms with E-state index in [2.05, 4.69) is 0 Å². The molecule has 1 aliphatic carbocycles. The Balaban J connectivity index is 1.69. The van der Waals surface area contributed by atoms with E-state index in [0.717, 1.165) is 24.0 Å². The van der Waals surface area contributed by atoms with E-state index < -0.39 is 14.6 Å². The average Bonchev–Trinajstić information content (AvgIpc) is 3.43. The van der Waals surface area contributed by atoms with Gasteiger partial charge in [-0.2, -0.15) is 0 Å². The van der Waals surface area contributed by atoms with Gasteiger partial charge in [-0.15, -0.1) is 0 Å². The minimum Gasteiger partial charge on any atom is -0.454 e. The summed E-state index contributed by atoms with van der Waals surface area (Å²) in [5, 5.41) is 0. The van der Waals surface area contributed by atoms with Crippen LogP contribution in [0.4, 0.5) is 0 Å². The molecule has 0 atom stereocenters. The fraction of sp³-hybridized carbons (Fsp3) is 0.458. The molecule has 2 aromatic carbocycles. The van der Waals surface area contributed by atoms with E-state index in [9.17, 15) is 13.2 Å². The fourth-order valence-electron chi connectivity index (χ4n) is 4.63. The summed E-state index contributed by atoms with van der Waals surface area (Å²) in [5.41, 5.74) is 2.44. The first kappa shape index (κ1) is 21.7. The molecule has 1 aliphatic heterocycles. The summed E-state index contributed by atoms with van der Waals surface area (Å²) in [7, 11) is -3.85. The number of nitrogens with zero attached hydrogens (tertiary/aromatic N) is 1.